The lowest BCUT2D eigenvalue weighted by Gasteiger charge is -2.30. The predicted molar refractivity (Wildman–Crippen MR) is 68.3 cm³/mol. The van der Waals surface area contributed by atoms with Gasteiger partial charge in [0.1, 0.15) is 0 Å². The molecule has 17 heavy (non-hydrogen) atoms. The fraction of sp³-hybridized carbons (Fsp3) is 0.917. The quantitative estimate of drug-likeness (QED) is 0.738. The summed E-state index contributed by atoms with van der Waals surface area (Å²) in [6.07, 6.45) is 1.37. The minimum Gasteiger partial charge on any atom is -0.481 e. The Bertz CT molecular complexity index is 246. The molecule has 0 aliphatic carbocycles. The molecule has 1 saturated heterocycles. The number of likely N-dealkylation sites (N-methyl/N-ethyl adjacent to an activating group) is 2. The van der Waals surface area contributed by atoms with Crippen molar-refractivity contribution >= 4 is 5.97 Å². The third-order valence-electron chi connectivity index (χ3n) is 3.27. The lowest BCUT2D eigenvalue weighted by molar-refractivity contribution is -0.138. The first kappa shape index (κ1) is 14.4. The molecule has 1 heterocycles. The number of aliphatic carboxylic acids is 1. The zero-order valence-corrected chi connectivity index (χ0v) is 11.2. The van der Waals surface area contributed by atoms with Crippen LogP contribution in [0.3, 0.4) is 0 Å². The van der Waals surface area contributed by atoms with Gasteiger partial charge in [-0.3, -0.25) is 9.69 Å². The number of nitrogens with zero attached hydrogens (tertiary/aromatic N) is 3. The average Bonchev–Trinajstić information content (AvgIpc) is 2.36. The third-order valence-corrected chi connectivity index (χ3v) is 3.27. The molecule has 5 heteroatoms. The van der Waals surface area contributed by atoms with Gasteiger partial charge in [0.05, 0.1) is 6.42 Å². The van der Waals surface area contributed by atoms with Crippen molar-refractivity contribution in [2.24, 2.45) is 0 Å². The number of hydrogen-bond donors (Lipinski definition) is 1. The molecule has 1 rings (SSSR count). The van der Waals surface area contributed by atoms with Crippen molar-refractivity contribution in [2.75, 3.05) is 53.9 Å². The molecule has 1 aliphatic heterocycles. The fourth-order valence-electron chi connectivity index (χ4n) is 2.31. The standard InChI is InChI=1S/C12H25N3O2/c1-13(2)7-8-15-6-4-5-14(3)10-11(15)9-12(16)17/h11H,4-10H2,1-3H3,(H,16,17). The number of rotatable bonds is 5. The summed E-state index contributed by atoms with van der Waals surface area (Å²) in [4.78, 5) is 17.6. The summed E-state index contributed by atoms with van der Waals surface area (Å²) < 4.78 is 0. The molecular formula is C12H25N3O2. The molecule has 1 fully saturated rings. The molecule has 0 bridgehead atoms. The van der Waals surface area contributed by atoms with E-state index in [2.05, 4.69) is 35.8 Å². The van der Waals surface area contributed by atoms with Crippen LogP contribution in [0.1, 0.15) is 12.8 Å². The van der Waals surface area contributed by atoms with Crippen LogP contribution >= 0.6 is 0 Å². The normalized spacial score (nSPS) is 23.9. The Kier molecular flexibility index (Phi) is 5.88. The summed E-state index contributed by atoms with van der Waals surface area (Å²) in [5.74, 6) is -0.694. The zero-order valence-electron chi connectivity index (χ0n) is 11.2. The summed E-state index contributed by atoms with van der Waals surface area (Å²) in [6.45, 7) is 4.88. The summed E-state index contributed by atoms with van der Waals surface area (Å²) >= 11 is 0. The van der Waals surface area contributed by atoms with Crippen LogP contribution in [0.5, 0.6) is 0 Å². The fourth-order valence-corrected chi connectivity index (χ4v) is 2.31. The Morgan fingerprint density at radius 1 is 1.41 bits per heavy atom. The van der Waals surface area contributed by atoms with Crippen molar-refractivity contribution in [3.05, 3.63) is 0 Å². The van der Waals surface area contributed by atoms with Gasteiger partial charge in [-0.1, -0.05) is 0 Å². The van der Waals surface area contributed by atoms with Gasteiger partial charge < -0.3 is 14.9 Å². The van der Waals surface area contributed by atoms with E-state index in [1.54, 1.807) is 0 Å². The molecule has 1 N–H and O–H groups in total. The Balaban J connectivity index is 2.56. The van der Waals surface area contributed by atoms with Gasteiger partial charge in [0.2, 0.25) is 0 Å². The summed E-state index contributed by atoms with van der Waals surface area (Å²) in [7, 11) is 6.18. The van der Waals surface area contributed by atoms with Gasteiger partial charge in [-0.05, 0) is 40.7 Å². The molecule has 0 saturated carbocycles. The predicted octanol–water partition coefficient (Wildman–Crippen LogP) is 0.0288. The van der Waals surface area contributed by atoms with Crippen molar-refractivity contribution in [1.29, 1.82) is 0 Å². The van der Waals surface area contributed by atoms with Gasteiger partial charge in [-0.15, -0.1) is 0 Å². The number of hydrogen-bond acceptors (Lipinski definition) is 4. The highest BCUT2D eigenvalue weighted by Crippen LogP contribution is 2.12. The van der Waals surface area contributed by atoms with Gasteiger partial charge in [0.25, 0.3) is 0 Å². The summed E-state index contributed by atoms with van der Waals surface area (Å²) in [5.41, 5.74) is 0. The molecule has 5 nitrogen and oxygen atoms in total. The lowest BCUT2D eigenvalue weighted by atomic mass is 10.1. The molecule has 0 radical (unpaired) electrons. The van der Waals surface area contributed by atoms with Crippen molar-refractivity contribution in [3.8, 4) is 0 Å². The van der Waals surface area contributed by atoms with E-state index in [9.17, 15) is 4.79 Å². The number of carbonyl (C=O) groups is 1. The van der Waals surface area contributed by atoms with Crippen molar-refractivity contribution in [3.63, 3.8) is 0 Å². The molecule has 1 aliphatic rings. The van der Waals surface area contributed by atoms with Crippen LogP contribution in [0.4, 0.5) is 0 Å². The van der Waals surface area contributed by atoms with Gasteiger partial charge in [-0.2, -0.15) is 0 Å². The maximum Gasteiger partial charge on any atom is 0.304 e. The van der Waals surface area contributed by atoms with E-state index in [1.807, 2.05) is 0 Å². The zero-order chi connectivity index (χ0) is 12.8. The van der Waals surface area contributed by atoms with Gasteiger partial charge in [0.15, 0.2) is 0 Å². The summed E-state index contributed by atoms with van der Waals surface area (Å²) in [5, 5.41) is 8.98. The second-order valence-electron chi connectivity index (χ2n) is 5.21. The van der Waals surface area contributed by atoms with Crippen LogP contribution in [-0.2, 0) is 4.79 Å². The van der Waals surface area contributed by atoms with Crippen LogP contribution < -0.4 is 0 Å². The molecule has 0 amide bonds. The lowest BCUT2D eigenvalue weighted by Crippen LogP contribution is -2.44. The Morgan fingerprint density at radius 2 is 2.12 bits per heavy atom. The van der Waals surface area contributed by atoms with E-state index < -0.39 is 5.97 Å². The molecule has 1 atom stereocenters. The Labute approximate surface area is 104 Å². The largest absolute Gasteiger partial charge is 0.481 e. The van der Waals surface area contributed by atoms with Crippen LogP contribution in [0.15, 0.2) is 0 Å². The van der Waals surface area contributed by atoms with Gasteiger partial charge in [-0.25, -0.2) is 0 Å². The first-order valence-electron chi connectivity index (χ1n) is 6.28. The first-order valence-corrected chi connectivity index (χ1v) is 6.28. The van der Waals surface area contributed by atoms with Crippen LogP contribution in [0.2, 0.25) is 0 Å². The maximum absolute atomic E-state index is 10.9. The van der Waals surface area contributed by atoms with Gasteiger partial charge in [0, 0.05) is 25.7 Å². The molecule has 100 valence electrons. The van der Waals surface area contributed by atoms with Crippen LogP contribution in [0, 0.1) is 0 Å². The highest BCUT2D eigenvalue weighted by molar-refractivity contribution is 5.67. The second-order valence-corrected chi connectivity index (χ2v) is 5.21. The molecule has 1 unspecified atom stereocenters. The SMILES string of the molecule is CN(C)CCN1CCCN(C)CC1CC(=O)O. The smallest absolute Gasteiger partial charge is 0.304 e. The van der Waals surface area contributed by atoms with Crippen LogP contribution in [0.25, 0.3) is 0 Å². The van der Waals surface area contributed by atoms with Crippen molar-refractivity contribution < 1.29 is 9.90 Å². The monoisotopic (exact) mass is 243 g/mol. The van der Waals surface area contributed by atoms with E-state index in [0.29, 0.717) is 0 Å². The third kappa shape index (κ3) is 5.48. The van der Waals surface area contributed by atoms with E-state index in [0.717, 1.165) is 39.1 Å². The molecule has 0 aromatic rings. The molecule has 0 aromatic heterocycles. The average molecular weight is 243 g/mol. The highest BCUT2D eigenvalue weighted by atomic mass is 16.4. The Hall–Kier alpha value is -0.650. The van der Waals surface area contributed by atoms with Crippen molar-refractivity contribution in [2.45, 2.75) is 18.9 Å². The van der Waals surface area contributed by atoms with Gasteiger partial charge >= 0.3 is 5.97 Å². The topological polar surface area (TPSA) is 47.0 Å². The second kappa shape index (κ2) is 6.93. The van der Waals surface area contributed by atoms with E-state index in [4.69, 9.17) is 5.11 Å². The molecule has 0 spiro atoms. The first-order chi connectivity index (χ1) is 7.99. The van der Waals surface area contributed by atoms with E-state index in [1.165, 1.54) is 0 Å². The minimum atomic E-state index is -0.694. The number of carboxylic acid groups (broad SMARTS) is 1. The van der Waals surface area contributed by atoms with Crippen LogP contribution in [-0.4, -0.2) is 85.7 Å². The van der Waals surface area contributed by atoms with E-state index in [-0.39, 0.29) is 12.5 Å². The Morgan fingerprint density at radius 3 is 2.71 bits per heavy atom. The summed E-state index contributed by atoms with van der Waals surface area (Å²) in [6, 6.07) is 0.153. The van der Waals surface area contributed by atoms with E-state index >= 15 is 0 Å². The maximum atomic E-state index is 10.9. The van der Waals surface area contributed by atoms with Crippen molar-refractivity contribution in [1.82, 2.24) is 14.7 Å². The minimum absolute atomic E-state index is 0.153. The molecule has 0 aromatic carbocycles. The number of carboxylic acids is 1. The molecular weight excluding hydrogens is 218 g/mol. The highest BCUT2D eigenvalue weighted by Gasteiger charge is 2.25.